The molecule has 2 aliphatic heterocycles. The standard InChI is InChI=1S/C20H39N5O2.HI/c1-6-17(24-11-8-9-12-24)14-22-18(21-7-2)25-13-10-16(15-25)23-19(26)27-20(3,4)5;/h16-17H,6-15H2,1-5H3,(H,21,22)(H,23,26);1H. The number of halogens is 1. The van der Waals surface area contributed by atoms with E-state index in [2.05, 4.69) is 34.3 Å². The first-order valence-corrected chi connectivity index (χ1v) is 10.6. The second-order valence-electron chi connectivity index (χ2n) is 8.58. The number of amides is 1. The molecule has 2 N–H and O–H groups in total. The third-order valence-corrected chi connectivity index (χ3v) is 5.12. The summed E-state index contributed by atoms with van der Waals surface area (Å²) in [5.74, 6) is 0.962. The zero-order valence-electron chi connectivity index (χ0n) is 18.3. The van der Waals surface area contributed by atoms with Crippen LogP contribution in [0.25, 0.3) is 0 Å². The quantitative estimate of drug-likeness (QED) is 0.327. The van der Waals surface area contributed by atoms with E-state index in [0.29, 0.717) is 6.04 Å². The van der Waals surface area contributed by atoms with Gasteiger partial charge in [0.15, 0.2) is 5.96 Å². The number of carbonyl (C=O) groups excluding carboxylic acids is 1. The molecule has 2 aliphatic rings. The maximum atomic E-state index is 12.0. The van der Waals surface area contributed by atoms with E-state index >= 15 is 0 Å². The van der Waals surface area contributed by atoms with E-state index < -0.39 is 5.60 Å². The van der Waals surface area contributed by atoms with Crippen LogP contribution in [0.5, 0.6) is 0 Å². The number of carbonyl (C=O) groups is 1. The van der Waals surface area contributed by atoms with Gasteiger partial charge in [-0.2, -0.15) is 0 Å². The minimum atomic E-state index is -0.469. The van der Waals surface area contributed by atoms with Crippen LogP contribution in [0.15, 0.2) is 4.99 Å². The maximum absolute atomic E-state index is 12.0. The number of nitrogens with zero attached hydrogens (tertiary/aromatic N) is 3. The van der Waals surface area contributed by atoms with Gasteiger partial charge in [0.05, 0.1) is 12.6 Å². The van der Waals surface area contributed by atoms with Crippen molar-refractivity contribution in [2.75, 3.05) is 39.3 Å². The van der Waals surface area contributed by atoms with Crippen LogP contribution in [-0.2, 0) is 4.74 Å². The molecule has 0 aromatic rings. The highest BCUT2D eigenvalue weighted by Gasteiger charge is 2.28. The van der Waals surface area contributed by atoms with Crippen molar-refractivity contribution in [2.45, 2.75) is 78.0 Å². The number of ether oxygens (including phenoxy) is 1. The third-order valence-electron chi connectivity index (χ3n) is 5.12. The Morgan fingerprint density at radius 3 is 2.46 bits per heavy atom. The normalized spacial score (nSPS) is 22.0. The molecule has 0 aromatic carbocycles. The summed E-state index contributed by atoms with van der Waals surface area (Å²) in [5.41, 5.74) is -0.469. The number of alkyl carbamates (subject to hydrolysis) is 1. The lowest BCUT2D eigenvalue weighted by molar-refractivity contribution is 0.0507. The highest BCUT2D eigenvalue weighted by atomic mass is 127. The molecular weight excluding hydrogens is 469 g/mol. The fourth-order valence-electron chi connectivity index (χ4n) is 3.77. The first-order valence-electron chi connectivity index (χ1n) is 10.6. The Morgan fingerprint density at radius 1 is 1.21 bits per heavy atom. The monoisotopic (exact) mass is 509 g/mol. The second-order valence-corrected chi connectivity index (χ2v) is 8.58. The van der Waals surface area contributed by atoms with Gasteiger partial charge >= 0.3 is 6.09 Å². The van der Waals surface area contributed by atoms with Gasteiger partial charge in [0.1, 0.15) is 5.60 Å². The number of hydrogen-bond donors (Lipinski definition) is 2. The van der Waals surface area contributed by atoms with Gasteiger partial charge in [0.2, 0.25) is 0 Å². The van der Waals surface area contributed by atoms with Gasteiger partial charge in [-0.15, -0.1) is 24.0 Å². The Bertz CT molecular complexity index is 503. The minimum absolute atomic E-state index is 0. The van der Waals surface area contributed by atoms with E-state index in [1.54, 1.807) is 0 Å². The molecule has 8 heteroatoms. The molecule has 0 radical (unpaired) electrons. The topological polar surface area (TPSA) is 69.2 Å². The fourth-order valence-corrected chi connectivity index (χ4v) is 3.77. The van der Waals surface area contributed by atoms with Crippen LogP contribution < -0.4 is 10.6 Å². The van der Waals surface area contributed by atoms with Crippen molar-refractivity contribution in [3.63, 3.8) is 0 Å². The first-order chi connectivity index (χ1) is 12.8. The van der Waals surface area contributed by atoms with E-state index in [9.17, 15) is 4.79 Å². The van der Waals surface area contributed by atoms with Gasteiger partial charge in [-0.1, -0.05) is 6.92 Å². The number of hydrogen-bond acceptors (Lipinski definition) is 4. The summed E-state index contributed by atoms with van der Waals surface area (Å²) in [6.07, 6.45) is 4.32. The zero-order chi connectivity index (χ0) is 19.9. The zero-order valence-corrected chi connectivity index (χ0v) is 20.6. The van der Waals surface area contributed by atoms with E-state index in [1.165, 1.54) is 25.9 Å². The summed E-state index contributed by atoms with van der Waals surface area (Å²) in [4.78, 5) is 21.8. The molecule has 2 rings (SSSR count). The average Bonchev–Trinajstić information content (AvgIpc) is 3.24. The average molecular weight is 509 g/mol. The molecule has 0 bridgehead atoms. The van der Waals surface area contributed by atoms with Gasteiger partial charge in [-0.3, -0.25) is 9.89 Å². The van der Waals surface area contributed by atoms with Gasteiger partial charge in [0.25, 0.3) is 0 Å². The third kappa shape index (κ3) is 8.31. The van der Waals surface area contributed by atoms with E-state index in [0.717, 1.165) is 45.0 Å². The largest absolute Gasteiger partial charge is 0.444 e. The van der Waals surface area contributed by atoms with Gasteiger partial charge < -0.3 is 20.3 Å². The lowest BCUT2D eigenvalue weighted by Crippen LogP contribution is -2.45. The van der Waals surface area contributed by atoms with Crippen LogP contribution in [0, 0.1) is 0 Å². The van der Waals surface area contributed by atoms with Gasteiger partial charge in [-0.25, -0.2) is 4.79 Å². The van der Waals surface area contributed by atoms with Gasteiger partial charge in [0, 0.05) is 25.7 Å². The molecule has 0 aromatic heterocycles. The Hall–Kier alpha value is -0.770. The Labute approximate surface area is 188 Å². The summed E-state index contributed by atoms with van der Waals surface area (Å²) < 4.78 is 5.37. The van der Waals surface area contributed by atoms with Crippen molar-refractivity contribution in [3.8, 4) is 0 Å². The predicted octanol–water partition coefficient (Wildman–Crippen LogP) is 3.04. The SMILES string of the molecule is CCNC(=NCC(CC)N1CCCC1)N1CCC(NC(=O)OC(C)(C)C)C1.I. The molecule has 0 spiro atoms. The number of nitrogens with one attached hydrogen (secondary N) is 2. The first kappa shape index (κ1) is 25.3. The smallest absolute Gasteiger partial charge is 0.407 e. The Morgan fingerprint density at radius 2 is 1.89 bits per heavy atom. The van der Waals surface area contributed by atoms with Gasteiger partial charge in [-0.05, 0) is 66.5 Å². The highest BCUT2D eigenvalue weighted by molar-refractivity contribution is 14.0. The molecule has 0 saturated carbocycles. The van der Waals surface area contributed by atoms with E-state index in [-0.39, 0.29) is 36.1 Å². The van der Waals surface area contributed by atoms with Crippen molar-refractivity contribution < 1.29 is 9.53 Å². The summed E-state index contributed by atoms with van der Waals surface area (Å²) in [7, 11) is 0. The summed E-state index contributed by atoms with van der Waals surface area (Å²) in [6, 6.07) is 0.628. The van der Waals surface area contributed by atoms with Crippen molar-refractivity contribution in [1.82, 2.24) is 20.4 Å². The summed E-state index contributed by atoms with van der Waals surface area (Å²) >= 11 is 0. The lowest BCUT2D eigenvalue weighted by atomic mass is 10.2. The molecule has 2 atom stereocenters. The Balaban J connectivity index is 0.00000392. The molecule has 0 aliphatic carbocycles. The van der Waals surface area contributed by atoms with E-state index in [1.807, 2.05) is 20.8 Å². The fraction of sp³-hybridized carbons (Fsp3) is 0.900. The molecule has 2 saturated heterocycles. The van der Waals surface area contributed by atoms with Crippen molar-refractivity contribution in [2.24, 2.45) is 4.99 Å². The molecule has 2 fully saturated rings. The lowest BCUT2D eigenvalue weighted by Gasteiger charge is -2.27. The molecule has 28 heavy (non-hydrogen) atoms. The Kier molecular flexibility index (Phi) is 10.9. The highest BCUT2D eigenvalue weighted by Crippen LogP contribution is 2.15. The summed E-state index contributed by atoms with van der Waals surface area (Å²) in [6.45, 7) is 15.8. The number of guanidine groups is 1. The maximum Gasteiger partial charge on any atom is 0.407 e. The number of rotatable bonds is 6. The van der Waals surface area contributed by atoms with Crippen LogP contribution in [-0.4, -0.2) is 78.8 Å². The predicted molar refractivity (Wildman–Crippen MR) is 126 cm³/mol. The number of aliphatic imine (C=N–C) groups is 1. The molecule has 1 amide bonds. The van der Waals surface area contributed by atoms with Crippen LogP contribution in [0.4, 0.5) is 4.79 Å². The van der Waals surface area contributed by atoms with Crippen LogP contribution in [0.2, 0.25) is 0 Å². The molecular formula is C20H40IN5O2. The molecule has 2 unspecified atom stereocenters. The van der Waals surface area contributed by atoms with Crippen LogP contribution in [0.3, 0.4) is 0 Å². The molecule has 7 nitrogen and oxygen atoms in total. The van der Waals surface area contributed by atoms with Crippen molar-refractivity contribution >= 4 is 36.0 Å². The van der Waals surface area contributed by atoms with E-state index in [4.69, 9.17) is 9.73 Å². The van der Waals surface area contributed by atoms with Crippen LogP contribution >= 0.6 is 24.0 Å². The molecule has 164 valence electrons. The number of likely N-dealkylation sites (tertiary alicyclic amines) is 2. The summed E-state index contributed by atoms with van der Waals surface area (Å²) in [5, 5.41) is 6.41. The van der Waals surface area contributed by atoms with Crippen molar-refractivity contribution in [1.29, 1.82) is 0 Å². The minimum Gasteiger partial charge on any atom is -0.444 e. The second kappa shape index (κ2) is 12.0. The van der Waals surface area contributed by atoms with Crippen molar-refractivity contribution in [3.05, 3.63) is 0 Å². The van der Waals surface area contributed by atoms with Crippen LogP contribution in [0.1, 0.15) is 60.3 Å². The molecule has 2 heterocycles.